The molecule has 0 spiro atoms. The van der Waals surface area contributed by atoms with Crippen LogP contribution in [0, 0.1) is 0 Å². The van der Waals surface area contributed by atoms with Gasteiger partial charge in [0.15, 0.2) is 0 Å². The van der Waals surface area contributed by atoms with Gasteiger partial charge in [0.25, 0.3) is 0 Å². The largest absolute Gasteiger partial charge is 0.463 e. The molecule has 0 aliphatic heterocycles. The number of rotatable bonds is 30. The van der Waals surface area contributed by atoms with Gasteiger partial charge in [0.05, 0.1) is 106 Å². The fourth-order valence-corrected chi connectivity index (χ4v) is 2.73. The Hall–Kier alpha value is -0.370. The minimum Gasteiger partial charge on any atom is -0.463 e. The van der Waals surface area contributed by atoms with Gasteiger partial charge in [-0.05, 0) is 6.42 Å². The van der Waals surface area contributed by atoms with Crippen LogP contribution in [0.4, 0.5) is 0 Å². The van der Waals surface area contributed by atoms with Gasteiger partial charge in [0, 0.05) is 11.8 Å². The predicted molar refractivity (Wildman–Crippen MR) is 135 cm³/mol. The van der Waals surface area contributed by atoms with E-state index in [9.17, 15) is 4.79 Å². The highest BCUT2D eigenvalue weighted by Crippen LogP contribution is 2.00. The van der Waals surface area contributed by atoms with Crippen LogP contribution in [0.15, 0.2) is 0 Å². The molecule has 0 heterocycles. The molecule has 0 fully saturated rings. The number of esters is 1. The van der Waals surface area contributed by atoms with Gasteiger partial charge in [0.2, 0.25) is 0 Å². The second-order valence-electron chi connectivity index (χ2n) is 7.27. The molecule has 0 aliphatic rings. The first-order valence-electron chi connectivity index (χ1n) is 12.6. The monoisotopic (exact) mass is 574 g/mol. The number of alkyl halides is 1. The Morgan fingerprint density at radius 2 is 0.800 bits per heavy atom. The molecular weight excluding hydrogens is 528 g/mol. The third-order valence-electron chi connectivity index (χ3n) is 4.30. The molecule has 0 radical (unpaired) electrons. The van der Waals surface area contributed by atoms with Crippen LogP contribution in [0.25, 0.3) is 0 Å². The quantitative estimate of drug-likeness (QED) is 0.0722. The predicted octanol–water partition coefficient (Wildman–Crippen LogP) is 2.64. The van der Waals surface area contributed by atoms with E-state index in [1.807, 2.05) is 0 Å². The first kappa shape index (κ1) is 34.6. The summed E-state index contributed by atoms with van der Waals surface area (Å²) in [4.78, 5) is 11.4. The first-order chi connectivity index (χ1) is 17.3. The maximum Gasteiger partial charge on any atom is 0.305 e. The average Bonchev–Trinajstić information content (AvgIpc) is 2.86. The molecule has 35 heavy (non-hydrogen) atoms. The van der Waals surface area contributed by atoms with E-state index in [-0.39, 0.29) is 12.6 Å². The van der Waals surface area contributed by atoms with Crippen molar-refractivity contribution in [1.29, 1.82) is 0 Å². The summed E-state index contributed by atoms with van der Waals surface area (Å²) in [6, 6.07) is 0. The minimum absolute atomic E-state index is 0.155. The van der Waals surface area contributed by atoms with Crippen molar-refractivity contribution in [2.24, 2.45) is 0 Å². The molecule has 0 saturated heterocycles. The molecule has 0 aromatic carbocycles. The first-order valence-corrected chi connectivity index (χ1v) is 13.8. The number of hydrogen-bond acceptors (Lipinski definition) is 10. The molecule has 0 aliphatic carbocycles. The van der Waals surface area contributed by atoms with Crippen LogP contribution in [-0.4, -0.2) is 124 Å². The second kappa shape index (κ2) is 31.7. The number of carbonyl (C=O) groups excluding carboxylic acids is 1. The van der Waals surface area contributed by atoms with Gasteiger partial charge in [-0.3, -0.25) is 4.79 Å². The highest BCUT2D eigenvalue weighted by Gasteiger charge is 2.01. The van der Waals surface area contributed by atoms with E-state index in [2.05, 4.69) is 22.9 Å². The fraction of sp³-hybridized carbons (Fsp3) is 0.958. The third kappa shape index (κ3) is 31.6. The maximum atomic E-state index is 11.4. The van der Waals surface area contributed by atoms with Crippen molar-refractivity contribution in [2.45, 2.75) is 32.6 Å². The third-order valence-corrected chi connectivity index (χ3v) is 4.62. The van der Waals surface area contributed by atoms with Crippen molar-refractivity contribution >= 4 is 21.9 Å². The molecule has 10 nitrogen and oxygen atoms in total. The number of halogens is 1. The van der Waals surface area contributed by atoms with E-state index in [4.69, 9.17) is 42.6 Å². The summed E-state index contributed by atoms with van der Waals surface area (Å²) in [5, 5.41) is 0.838. The zero-order valence-corrected chi connectivity index (χ0v) is 23.1. The molecular formula is C24H47BrO10. The van der Waals surface area contributed by atoms with Crippen LogP contribution in [0.1, 0.15) is 32.6 Å². The second-order valence-corrected chi connectivity index (χ2v) is 8.06. The topological polar surface area (TPSA) is 100 Å². The van der Waals surface area contributed by atoms with Crippen LogP contribution in [-0.2, 0) is 47.4 Å². The van der Waals surface area contributed by atoms with E-state index in [0.717, 1.165) is 24.6 Å². The van der Waals surface area contributed by atoms with E-state index < -0.39 is 0 Å². The molecule has 0 rings (SSSR count). The minimum atomic E-state index is -0.155. The number of carbonyl (C=O) groups is 1. The van der Waals surface area contributed by atoms with Crippen LogP contribution in [0.3, 0.4) is 0 Å². The lowest BCUT2D eigenvalue weighted by atomic mass is 10.2. The molecule has 210 valence electrons. The summed E-state index contributed by atoms with van der Waals surface area (Å²) >= 11 is 3.29. The SMILES string of the molecule is CCCCCC(=O)OCCOCCOCCOCCOCCOCCOCCOCCOCCBr. The highest BCUT2D eigenvalue weighted by atomic mass is 79.9. The summed E-state index contributed by atoms with van der Waals surface area (Å²) in [6.07, 6.45) is 3.51. The van der Waals surface area contributed by atoms with Crippen molar-refractivity contribution in [1.82, 2.24) is 0 Å². The van der Waals surface area contributed by atoms with Gasteiger partial charge >= 0.3 is 5.97 Å². The molecule has 0 N–H and O–H groups in total. The molecule has 0 bridgehead atoms. The number of unbranched alkanes of at least 4 members (excludes halogenated alkanes) is 2. The molecule has 0 atom stereocenters. The zero-order valence-electron chi connectivity index (χ0n) is 21.5. The van der Waals surface area contributed by atoms with Crippen LogP contribution < -0.4 is 0 Å². The smallest absolute Gasteiger partial charge is 0.305 e. The standard InChI is InChI=1S/C24H47BrO10/c1-2-3-4-5-24(26)35-23-22-34-21-20-33-19-18-32-17-16-31-15-14-30-13-12-29-11-10-28-9-8-27-7-6-25/h2-23H2,1H3. The lowest BCUT2D eigenvalue weighted by Crippen LogP contribution is -2.15. The molecule has 11 heteroatoms. The Labute approximate surface area is 219 Å². The van der Waals surface area contributed by atoms with Gasteiger partial charge in [0.1, 0.15) is 6.61 Å². The van der Waals surface area contributed by atoms with Crippen molar-refractivity contribution in [2.75, 3.05) is 118 Å². The molecule has 0 unspecified atom stereocenters. The van der Waals surface area contributed by atoms with E-state index in [0.29, 0.717) is 112 Å². The zero-order chi connectivity index (χ0) is 25.5. The average molecular weight is 576 g/mol. The Morgan fingerprint density at radius 3 is 1.11 bits per heavy atom. The van der Waals surface area contributed by atoms with Crippen LogP contribution in [0.5, 0.6) is 0 Å². The Balaban J connectivity index is 3.06. The summed E-state index contributed by atoms with van der Waals surface area (Å²) in [7, 11) is 0. The van der Waals surface area contributed by atoms with E-state index in [1.54, 1.807) is 0 Å². The highest BCUT2D eigenvalue weighted by molar-refractivity contribution is 9.09. The Bertz CT molecular complexity index is 418. The lowest BCUT2D eigenvalue weighted by molar-refractivity contribution is -0.145. The van der Waals surface area contributed by atoms with Crippen molar-refractivity contribution in [3.63, 3.8) is 0 Å². The van der Waals surface area contributed by atoms with Crippen molar-refractivity contribution in [3.8, 4) is 0 Å². The summed E-state index contributed by atoms with van der Waals surface area (Å²) < 4.78 is 48.2. The van der Waals surface area contributed by atoms with Crippen molar-refractivity contribution in [3.05, 3.63) is 0 Å². The van der Waals surface area contributed by atoms with Gasteiger partial charge in [-0.15, -0.1) is 0 Å². The summed E-state index contributed by atoms with van der Waals surface area (Å²) in [5.74, 6) is -0.155. The van der Waals surface area contributed by atoms with E-state index >= 15 is 0 Å². The maximum absolute atomic E-state index is 11.4. The fourth-order valence-electron chi connectivity index (χ4n) is 2.50. The molecule has 0 aromatic rings. The molecule has 0 aromatic heterocycles. The molecule has 0 saturated carbocycles. The van der Waals surface area contributed by atoms with Gasteiger partial charge in [-0.25, -0.2) is 0 Å². The Morgan fingerprint density at radius 1 is 0.486 bits per heavy atom. The van der Waals surface area contributed by atoms with Gasteiger partial charge in [-0.1, -0.05) is 35.7 Å². The van der Waals surface area contributed by atoms with Crippen molar-refractivity contribution < 1.29 is 47.4 Å². The number of ether oxygens (including phenoxy) is 9. The summed E-state index contributed by atoms with van der Waals surface area (Å²) in [6.45, 7) is 10.8. The Kier molecular flexibility index (Phi) is 31.3. The van der Waals surface area contributed by atoms with Gasteiger partial charge < -0.3 is 42.6 Å². The lowest BCUT2D eigenvalue weighted by Gasteiger charge is -2.09. The van der Waals surface area contributed by atoms with Gasteiger partial charge in [-0.2, -0.15) is 0 Å². The van der Waals surface area contributed by atoms with Crippen LogP contribution in [0.2, 0.25) is 0 Å². The molecule has 0 amide bonds. The normalized spacial score (nSPS) is 11.3. The van der Waals surface area contributed by atoms with Crippen LogP contribution >= 0.6 is 15.9 Å². The van der Waals surface area contributed by atoms with E-state index in [1.165, 1.54) is 0 Å². The number of hydrogen-bond donors (Lipinski definition) is 0. The summed E-state index contributed by atoms with van der Waals surface area (Å²) in [5.41, 5.74) is 0.